The Hall–Kier alpha value is -2.06. The van der Waals surface area contributed by atoms with Crippen LogP contribution in [0.3, 0.4) is 0 Å². The molecule has 8 rings (SSSR count). The summed E-state index contributed by atoms with van der Waals surface area (Å²) in [5.74, 6) is -1.74. The van der Waals surface area contributed by atoms with Gasteiger partial charge in [0.2, 0.25) is 5.60 Å². The summed E-state index contributed by atoms with van der Waals surface area (Å²) in [6.07, 6.45) is -5.53. The van der Waals surface area contributed by atoms with Crippen LogP contribution in [0, 0.1) is 22.7 Å². The van der Waals surface area contributed by atoms with E-state index in [1.54, 1.807) is 12.3 Å². The predicted octanol–water partition coefficient (Wildman–Crippen LogP) is -0.432. The number of fused-ring (bicyclic) bond motifs is 2. The molecule has 6 heterocycles. The lowest BCUT2D eigenvalue weighted by atomic mass is 9.41. The SMILES string of the molecule is CC12CC(c3ccoc3)OC(=O)C1CCC1(C)C2C2OC(=O)C1(OC1OC(CO)C(O)C(O)C1O)C1OC21. The molecule has 2 bridgehead atoms. The molecule has 208 valence electrons. The molecular formula is C26H32O12. The molecular weight excluding hydrogens is 504 g/mol. The highest BCUT2D eigenvalue weighted by Crippen LogP contribution is 2.73. The van der Waals surface area contributed by atoms with Crippen LogP contribution in [0.15, 0.2) is 23.0 Å². The summed E-state index contributed by atoms with van der Waals surface area (Å²) < 4.78 is 35.1. The van der Waals surface area contributed by atoms with Crippen LogP contribution in [0.1, 0.15) is 44.8 Å². The van der Waals surface area contributed by atoms with E-state index in [0.717, 1.165) is 5.56 Å². The molecule has 1 aromatic heterocycles. The van der Waals surface area contributed by atoms with Crippen LogP contribution in [0.5, 0.6) is 0 Å². The third-order valence-corrected chi connectivity index (χ3v) is 10.4. The molecule has 12 nitrogen and oxygen atoms in total. The van der Waals surface area contributed by atoms with Gasteiger partial charge in [0.05, 0.1) is 25.1 Å². The fourth-order valence-corrected chi connectivity index (χ4v) is 8.50. The first-order valence-corrected chi connectivity index (χ1v) is 13.1. The first kappa shape index (κ1) is 24.9. The number of carbonyl (C=O) groups excluding carboxylic acids is 2. The lowest BCUT2D eigenvalue weighted by Gasteiger charge is -2.67. The molecule has 0 radical (unpaired) electrons. The highest BCUT2D eigenvalue weighted by molar-refractivity contribution is 5.86. The summed E-state index contributed by atoms with van der Waals surface area (Å²) in [7, 11) is 0. The number of hydrogen-bond acceptors (Lipinski definition) is 12. The van der Waals surface area contributed by atoms with Crippen molar-refractivity contribution in [2.75, 3.05) is 6.61 Å². The molecule has 1 aromatic rings. The number of aliphatic hydroxyl groups is 4. The van der Waals surface area contributed by atoms with Crippen LogP contribution in [-0.4, -0.2) is 93.6 Å². The van der Waals surface area contributed by atoms with Gasteiger partial charge in [0.15, 0.2) is 6.29 Å². The third-order valence-electron chi connectivity index (χ3n) is 10.4. The number of ether oxygens (including phenoxy) is 5. The Morgan fingerprint density at radius 1 is 1.05 bits per heavy atom. The van der Waals surface area contributed by atoms with Crippen molar-refractivity contribution in [2.24, 2.45) is 22.7 Å². The normalized spacial score (nSPS) is 54.8. The molecule has 4 N–H and O–H groups in total. The van der Waals surface area contributed by atoms with Gasteiger partial charge < -0.3 is 48.5 Å². The Balaban J connectivity index is 1.29. The Bertz CT molecular complexity index is 1140. The largest absolute Gasteiger partial charge is 0.472 e. The Morgan fingerprint density at radius 3 is 2.55 bits per heavy atom. The third kappa shape index (κ3) is 2.94. The molecule has 38 heavy (non-hydrogen) atoms. The van der Waals surface area contributed by atoms with Gasteiger partial charge in [-0.25, -0.2) is 4.79 Å². The van der Waals surface area contributed by atoms with Gasteiger partial charge in [0.1, 0.15) is 48.8 Å². The summed E-state index contributed by atoms with van der Waals surface area (Å²) in [5, 5.41) is 41.0. The predicted molar refractivity (Wildman–Crippen MR) is 121 cm³/mol. The quantitative estimate of drug-likeness (QED) is 0.289. The fourth-order valence-electron chi connectivity index (χ4n) is 8.50. The van der Waals surface area contributed by atoms with E-state index in [1.807, 2.05) is 13.8 Å². The van der Waals surface area contributed by atoms with Crippen LogP contribution in [0.2, 0.25) is 0 Å². The van der Waals surface area contributed by atoms with Crippen LogP contribution < -0.4 is 0 Å². The first-order chi connectivity index (χ1) is 18.1. The fraction of sp³-hybridized carbons (Fsp3) is 0.769. The van der Waals surface area contributed by atoms with E-state index >= 15 is 0 Å². The Labute approximate surface area is 217 Å². The highest BCUT2D eigenvalue weighted by Gasteiger charge is 2.86. The molecule has 14 unspecified atom stereocenters. The second kappa shape index (κ2) is 8.00. The van der Waals surface area contributed by atoms with Crippen molar-refractivity contribution in [2.45, 2.75) is 93.8 Å². The summed E-state index contributed by atoms with van der Waals surface area (Å²) >= 11 is 0. The minimum absolute atomic E-state index is 0.308. The topological polar surface area (TPSA) is 178 Å². The molecule has 5 aliphatic heterocycles. The lowest BCUT2D eigenvalue weighted by molar-refractivity contribution is -0.365. The smallest absolute Gasteiger partial charge is 0.342 e. The van der Waals surface area contributed by atoms with Crippen LogP contribution >= 0.6 is 0 Å². The van der Waals surface area contributed by atoms with Crippen LogP contribution in [0.4, 0.5) is 0 Å². The minimum atomic E-state index is -1.70. The number of hydrogen-bond donors (Lipinski definition) is 4. The van der Waals surface area contributed by atoms with Gasteiger partial charge in [-0.15, -0.1) is 0 Å². The monoisotopic (exact) mass is 536 g/mol. The van der Waals surface area contributed by atoms with Crippen LogP contribution in [0.25, 0.3) is 0 Å². The first-order valence-electron chi connectivity index (χ1n) is 13.1. The van der Waals surface area contributed by atoms with E-state index in [1.165, 1.54) is 6.26 Å². The lowest BCUT2D eigenvalue weighted by Crippen LogP contribution is -2.79. The number of rotatable bonds is 4. The molecule has 7 aliphatic rings. The van der Waals surface area contributed by atoms with E-state index in [4.69, 9.17) is 28.1 Å². The Morgan fingerprint density at radius 2 is 1.84 bits per heavy atom. The average molecular weight is 537 g/mol. The maximum atomic E-state index is 13.7. The van der Waals surface area contributed by atoms with Gasteiger partial charge in [0, 0.05) is 16.9 Å². The van der Waals surface area contributed by atoms with Crippen molar-refractivity contribution in [3.8, 4) is 0 Å². The van der Waals surface area contributed by atoms with Crippen LogP contribution in [-0.2, 0) is 33.3 Å². The van der Waals surface area contributed by atoms with Crippen molar-refractivity contribution in [3.05, 3.63) is 24.2 Å². The van der Waals surface area contributed by atoms with Crippen molar-refractivity contribution in [1.29, 1.82) is 0 Å². The zero-order chi connectivity index (χ0) is 26.8. The minimum Gasteiger partial charge on any atom is -0.472 e. The van der Waals surface area contributed by atoms with E-state index in [-0.39, 0.29) is 11.9 Å². The van der Waals surface area contributed by atoms with Crippen molar-refractivity contribution >= 4 is 11.9 Å². The number of carbonyl (C=O) groups is 2. The van der Waals surface area contributed by atoms with E-state index in [0.29, 0.717) is 19.3 Å². The maximum absolute atomic E-state index is 13.7. The van der Waals surface area contributed by atoms with E-state index in [9.17, 15) is 30.0 Å². The summed E-state index contributed by atoms with van der Waals surface area (Å²) in [4.78, 5) is 27.0. The highest BCUT2D eigenvalue weighted by atomic mass is 16.8. The number of esters is 2. The maximum Gasteiger partial charge on any atom is 0.342 e. The summed E-state index contributed by atoms with van der Waals surface area (Å²) in [6, 6.07) is 1.76. The molecule has 12 heteroatoms. The van der Waals surface area contributed by atoms with Crippen molar-refractivity contribution in [3.63, 3.8) is 0 Å². The van der Waals surface area contributed by atoms with E-state index < -0.39 is 90.0 Å². The molecule has 0 aromatic carbocycles. The zero-order valence-electron chi connectivity index (χ0n) is 21.0. The van der Waals surface area contributed by atoms with Gasteiger partial charge >= 0.3 is 11.9 Å². The average Bonchev–Trinajstić information content (AvgIpc) is 3.51. The molecule has 0 amide bonds. The second-order valence-corrected chi connectivity index (χ2v) is 12.1. The van der Waals surface area contributed by atoms with Crippen molar-refractivity contribution in [1.82, 2.24) is 0 Å². The molecule has 2 saturated carbocycles. The molecule has 5 saturated heterocycles. The number of cyclic esters (lactones) is 1. The Kier molecular flexibility index (Phi) is 5.25. The molecule has 14 atom stereocenters. The number of aliphatic hydroxyl groups excluding tert-OH is 4. The van der Waals surface area contributed by atoms with Gasteiger partial charge in [-0.1, -0.05) is 13.8 Å². The number of furan rings is 1. The van der Waals surface area contributed by atoms with Gasteiger partial charge in [-0.2, -0.15) is 0 Å². The van der Waals surface area contributed by atoms with Gasteiger partial charge in [-0.3, -0.25) is 4.79 Å². The zero-order valence-corrected chi connectivity index (χ0v) is 21.0. The molecule has 0 spiro atoms. The summed E-state index contributed by atoms with van der Waals surface area (Å²) in [5.41, 5.74) is -2.51. The van der Waals surface area contributed by atoms with Crippen molar-refractivity contribution < 1.29 is 58.1 Å². The van der Waals surface area contributed by atoms with Gasteiger partial charge in [0.25, 0.3) is 0 Å². The second-order valence-electron chi connectivity index (χ2n) is 12.1. The number of epoxide rings is 1. The standard InChI is InChI=1S/C26H32O12/c1-24-7-12(10-4-6-33-9-10)34-21(31)11(24)3-5-25(2)19(24)17-18-20(36-18)26(25,23(32)37-17)38-22-16(30)15(29)14(28)13(8-27)35-22/h4,6,9,11-20,22,27-30H,3,5,7-8H2,1-2H3. The van der Waals surface area contributed by atoms with Gasteiger partial charge in [-0.05, 0) is 30.7 Å². The summed E-state index contributed by atoms with van der Waals surface area (Å²) in [6.45, 7) is 3.33. The molecule has 7 fully saturated rings. The van der Waals surface area contributed by atoms with E-state index in [2.05, 4.69) is 0 Å². The molecule has 2 aliphatic carbocycles.